The first-order chi connectivity index (χ1) is 12.8. The quantitative estimate of drug-likeness (QED) is 0.442. The molecule has 0 saturated carbocycles. The van der Waals surface area contributed by atoms with Crippen molar-refractivity contribution in [2.24, 2.45) is 0 Å². The SMILES string of the molecule is N#Cc1ccc(/C=C/c2ccc(/C=C/c3ccc(C=O)cc3)cc2)cc1. The first-order valence-corrected chi connectivity index (χ1v) is 8.28. The van der Waals surface area contributed by atoms with Gasteiger partial charge >= 0.3 is 0 Å². The minimum atomic E-state index is 0.666. The number of nitriles is 1. The van der Waals surface area contributed by atoms with E-state index in [0.29, 0.717) is 11.1 Å². The molecule has 0 unspecified atom stereocenters. The van der Waals surface area contributed by atoms with E-state index in [-0.39, 0.29) is 0 Å². The third-order valence-corrected chi connectivity index (χ3v) is 3.99. The molecule has 0 heterocycles. The van der Waals surface area contributed by atoms with E-state index >= 15 is 0 Å². The Kier molecular flexibility index (Phi) is 5.54. The van der Waals surface area contributed by atoms with Gasteiger partial charge in [0.25, 0.3) is 0 Å². The normalized spacial score (nSPS) is 10.9. The minimum Gasteiger partial charge on any atom is -0.298 e. The number of nitrogens with zero attached hydrogens (tertiary/aromatic N) is 1. The molecular formula is C24H17NO. The Hall–Kier alpha value is -3.70. The van der Waals surface area contributed by atoms with Crippen molar-refractivity contribution in [3.8, 4) is 6.07 Å². The second-order valence-electron chi connectivity index (χ2n) is 5.85. The Morgan fingerprint density at radius 2 is 0.846 bits per heavy atom. The maximum absolute atomic E-state index is 10.7. The Morgan fingerprint density at radius 3 is 1.15 bits per heavy atom. The molecule has 0 saturated heterocycles. The van der Waals surface area contributed by atoms with Crippen molar-refractivity contribution >= 4 is 30.6 Å². The molecule has 3 rings (SSSR count). The van der Waals surface area contributed by atoms with Crippen LogP contribution in [-0.4, -0.2) is 6.29 Å². The van der Waals surface area contributed by atoms with Crippen molar-refractivity contribution in [2.45, 2.75) is 0 Å². The van der Waals surface area contributed by atoms with Crippen molar-refractivity contribution in [3.05, 3.63) is 106 Å². The van der Waals surface area contributed by atoms with E-state index in [0.717, 1.165) is 28.5 Å². The van der Waals surface area contributed by atoms with E-state index in [1.165, 1.54) is 0 Å². The Balaban J connectivity index is 1.65. The smallest absolute Gasteiger partial charge is 0.150 e. The van der Waals surface area contributed by atoms with Gasteiger partial charge in [-0.1, -0.05) is 85.0 Å². The molecule has 26 heavy (non-hydrogen) atoms. The van der Waals surface area contributed by atoms with E-state index < -0.39 is 0 Å². The zero-order valence-corrected chi connectivity index (χ0v) is 14.2. The maximum Gasteiger partial charge on any atom is 0.150 e. The largest absolute Gasteiger partial charge is 0.298 e. The molecule has 0 amide bonds. The maximum atomic E-state index is 10.7. The summed E-state index contributed by atoms with van der Waals surface area (Å²) in [6, 6.07) is 25.3. The van der Waals surface area contributed by atoms with E-state index in [2.05, 4.69) is 30.3 Å². The fourth-order valence-electron chi connectivity index (χ4n) is 2.46. The summed E-state index contributed by atoms with van der Waals surface area (Å²) < 4.78 is 0. The van der Waals surface area contributed by atoms with E-state index in [9.17, 15) is 4.79 Å². The molecule has 0 aliphatic heterocycles. The summed E-state index contributed by atoms with van der Waals surface area (Å²) in [6.07, 6.45) is 8.99. The molecule has 0 radical (unpaired) electrons. The summed E-state index contributed by atoms with van der Waals surface area (Å²) >= 11 is 0. The lowest BCUT2D eigenvalue weighted by atomic mass is 10.1. The van der Waals surface area contributed by atoms with Crippen molar-refractivity contribution in [3.63, 3.8) is 0 Å². The molecule has 0 aliphatic rings. The van der Waals surface area contributed by atoms with Gasteiger partial charge in [-0.15, -0.1) is 0 Å². The average molecular weight is 335 g/mol. The molecule has 2 nitrogen and oxygen atoms in total. The van der Waals surface area contributed by atoms with Gasteiger partial charge in [-0.2, -0.15) is 5.26 Å². The van der Waals surface area contributed by atoms with E-state index in [4.69, 9.17) is 5.26 Å². The predicted molar refractivity (Wildman–Crippen MR) is 107 cm³/mol. The number of rotatable bonds is 5. The molecule has 0 N–H and O–H groups in total. The molecular weight excluding hydrogens is 318 g/mol. The zero-order valence-electron chi connectivity index (χ0n) is 14.2. The Bertz CT molecular complexity index is 970. The lowest BCUT2D eigenvalue weighted by molar-refractivity contribution is 0.112. The first-order valence-electron chi connectivity index (χ1n) is 8.28. The molecule has 3 aromatic rings. The third-order valence-electron chi connectivity index (χ3n) is 3.99. The van der Waals surface area contributed by atoms with Crippen LogP contribution in [0.3, 0.4) is 0 Å². The highest BCUT2D eigenvalue weighted by molar-refractivity contribution is 5.77. The highest BCUT2D eigenvalue weighted by Gasteiger charge is 1.93. The van der Waals surface area contributed by atoms with Gasteiger partial charge in [-0.25, -0.2) is 0 Å². The van der Waals surface area contributed by atoms with Crippen LogP contribution in [0, 0.1) is 11.3 Å². The van der Waals surface area contributed by atoms with Crippen LogP contribution in [0.1, 0.15) is 38.2 Å². The fourth-order valence-corrected chi connectivity index (χ4v) is 2.46. The van der Waals surface area contributed by atoms with Crippen LogP contribution in [0.15, 0.2) is 72.8 Å². The van der Waals surface area contributed by atoms with Crippen LogP contribution in [0.25, 0.3) is 24.3 Å². The lowest BCUT2D eigenvalue weighted by Gasteiger charge is -1.98. The number of carbonyl (C=O) groups is 1. The van der Waals surface area contributed by atoms with E-state index in [1.807, 2.05) is 72.8 Å². The second kappa shape index (κ2) is 8.41. The summed E-state index contributed by atoms with van der Waals surface area (Å²) in [4.78, 5) is 10.7. The van der Waals surface area contributed by atoms with Gasteiger partial charge in [0, 0.05) is 5.56 Å². The number of benzene rings is 3. The first kappa shape index (κ1) is 17.1. The lowest BCUT2D eigenvalue weighted by Crippen LogP contribution is -1.79. The summed E-state index contributed by atoms with van der Waals surface area (Å²) in [5.74, 6) is 0. The van der Waals surface area contributed by atoms with Crippen molar-refractivity contribution in [1.82, 2.24) is 0 Å². The van der Waals surface area contributed by atoms with Crippen LogP contribution in [0.2, 0.25) is 0 Å². The van der Waals surface area contributed by atoms with E-state index in [1.54, 1.807) is 0 Å². The summed E-state index contributed by atoms with van der Waals surface area (Å²) in [6.45, 7) is 0. The van der Waals surface area contributed by atoms with Crippen LogP contribution in [0.4, 0.5) is 0 Å². The number of carbonyl (C=O) groups excluding carboxylic acids is 1. The van der Waals surface area contributed by atoms with Crippen molar-refractivity contribution in [1.29, 1.82) is 5.26 Å². The number of hydrogen-bond donors (Lipinski definition) is 0. The van der Waals surface area contributed by atoms with Crippen molar-refractivity contribution in [2.75, 3.05) is 0 Å². The molecule has 2 heteroatoms. The fraction of sp³-hybridized carbons (Fsp3) is 0. The number of aldehydes is 1. The summed E-state index contributed by atoms with van der Waals surface area (Å²) in [7, 11) is 0. The molecule has 0 spiro atoms. The second-order valence-corrected chi connectivity index (χ2v) is 5.85. The highest BCUT2D eigenvalue weighted by atomic mass is 16.1. The third kappa shape index (κ3) is 4.66. The van der Waals surface area contributed by atoms with Crippen LogP contribution in [-0.2, 0) is 0 Å². The predicted octanol–water partition coefficient (Wildman–Crippen LogP) is 5.71. The van der Waals surface area contributed by atoms with Gasteiger partial charge in [0.1, 0.15) is 6.29 Å². The van der Waals surface area contributed by atoms with Gasteiger partial charge in [0.05, 0.1) is 11.6 Å². The summed E-state index contributed by atoms with van der Waals surface area (Å²) in [5.41, 5.74) is 5.69. The minimum absolute atomic E-state index is 0.666. The molecule has 0 aromatic heterocycles. The van der Waals surface area contributed by atoms with Gasteiger partial charge in [-0.05, 0) is 34.4 Å². The molecule has 0 atom stereocenters. The highest BCUT2D eigenvalue weighted by Crippen LogP contribution is 2.13. The van der Waals surface area contributed by atoms with Gasteiger partial charge < -0.3 is 0 Å². The molecule has 3 aromatic carbocycles. The monoisotopic (exact) mass is 335 g/mol. The van der Waals surface area contributed by atoms with Crippen LogP contribution >= 0.6 is 0 Å². The van der Waals surface area contributed by atoms with Gasteiger partial charge in [0.15, 0.2) is 0 Å². The number of hydrogen-bond acceptors (Lipinski definition) is 2. The standard InChI is InChI=1S/C24H17NO/c25-17-23-13-9-21(10-14-23)7-5-19-1-3-20(4-2-19)6-8-22-11-15-24(18-26)16-12-22/h1-16,18H/b7-5+,8-6+. The molecule has 0 bridgehead atoms. The topological polar surface area (TPSA) is 40.9 Å². The van der Waals surface area contributed by atoms with Crippen LogP contribution < -0.4 is 0 Å². The van der Waals surface area contributed by atoms with Gasteiger partial charge in [-0.3, -0.25) is 4.79 Å². The molecule has 0 fully saturated rings. The Labute approximate surface area is 153 Å². The molecule has 0 aliphatic carbocycles. The van der Waals surface area contributed by atoms with Crippen molar-refractivity contribution < 1.29 is 4.79 Å². The molecule has 124 valence electrons. The Morgan fingerprint density at radius 1 is 0.538 bits per heavy atom. The average Bonchev–Trinajstić information content (AvgIpc) is 2.72. The zero-order chi connectivity index (χ0) is 18.2. The van der Waals surface area contributed by atoms with Crippen LogP contribution in [0.5, 0.6) is 0 Å². The van der Waals surface area contributed by atoms with Gasteiger partial charge in [0.2, 0.25) is 0 Å². The summed E-state index contributed by atoms with van der Waals surface area (Å²) in [5, 5.41) is 8.81.